The van der Waals surface area contributed by atoms with E-state index in [1.54, 1.807) is 29.0 Å². The van der Waals surface area contributed by atoms with E-state index >= 15 is 0 Å². The van der Waals surface area contributed by atoms with Crippen molar-refractivity contribution in [3.63, 3.8) is 0 Å². The Hall–Kier alpha value is -3.87. The number of anilines is 1. The standard InChI is InChI=1S/C31H35N3O4/c1-5-37-31(36)27-19-33(32-29(27)34(20(2)3)30(35)23-8-6-21(4)7-9-23)26-13-10-22(11-14-26)24-12-15-28-25(18-24)16-17-38-28/h10-21,23H,5-9H2,1-4H3/t21-,23-. The van der Waals surface area contributed by atoms with Crippen LogP contribution in [0, 0.1) is 11.8 Å². The summed E-state index contributed by atoms with van der Waals surface area (Å²) >= 11 is 0. The minimum absolute atomic E-state index is 0.0349. The molecule has 0 spiro atoms. The number of nitrogens with zero attached hydrogens (tertiary/aromatic N) is 3. The average Bonchev–Trinajstić information content (AvgIpc) is 3.56. The van der Waals surface area contributed by atoms with Crippen LogP contribution in [0.1, 0.15) is 63.7 Å². The SMILES string of the molecule is CCOC(=O)c1cn(-c2ccc(-c3ccc4occc4c3)cc2)nc1N(C(=O)[C@H]1CC[C@H](C)CC1)C(C)C. The molecule has 198 valence electrons. The molecule has 0 bridgehead atoms. The number of benzene rings is 2. The number of hydrogen-bond donors (Lipinski definition) is 0. The lowest BCUT2D eigenvalue weighted by Gasteiger charge is -2.32. The van der Waals surface area contributed by atoms with Gasteiger partial charge in [0.1, 0.15) is 11.1 Å². The van der Waals surface area contributed by atoms with Crippen molar-refractivity contribution < 1.29 is 18.7 Å². The second kappa shape index (κ2) is 10.9. The van der Waals surface area contributed by atoms with Crippen molar-refractivity contribution in [1.29, 1.82) is 0 Å². The van der Waals surface area contributed by atoms with Gasteiger partial charge in [-0.05, 0) is 93.8 Å². The Morgan fingerprint density at radius 3 is 2.45 bits per heavy atom. The first-order valence-electron chi connectivity index (χ1n) is 13.5. The molecule has 0 saturated heterocycles. The van der Waals surface area contributed by atoms with E-state index in [0.29, 0.717) is 17.3 Å². The smallest absolute Gasteiger partial charge is 0.343 e. The predicted molar refractivity (Wildman–Crippen MR) is 148 cm³/mol. The largest absolute Gasteiger partial charge is 0.464 e. The Balaban J connectivity index is 1.48. The van der Waals surface area contributed by atoms with Crippen LogP contribution in [0.4, 0.5) is 5.82 Å². The minimum atomic E-state index is -0.477. The van der Waals surface area contributed by atoms with Crippen LogP contribution in [-0.4, -0.2) is 34.3 Å². The Bertz CT molecular complexity index is 1430. The second-order valence-corrected chi connectivity index (χ2v) is 10.5. The van der Waals surface area contributed by atoms with Gasteiger partial charge in [-0.15, -0.1) is 5.10 Å². The molecule has 1 fully saturated rings. The predicted octanol–water partition coefficient (Wildman–Crippen LogP) is 7.03. The summed E-state index contributed by atoms with van der Waals surface area (Å²) in [7, 11) is 0. The van der Waals surface area contributed by atoms with Crippen molar-refractivity contribution in [2.24, 2.45) is 11.8 Å². The van der Waals surface area contributed by atoms with Crippen LogP contribution in [-0.2, 0) is 9.53 Å². The van der Waals surface area contributed by atoms with Crippen LogP contribution >= 0.6 is 0 Å². The molecule has 7 nitrogen and oxygen atoms in total. The highest BCUT2D eigenvalue weighted by atomic mass is 16.5. The van der Waals surface area contributed by atoms with Crippen LogP contribution < -0.4 is 4.90 Å². The summed E-state index contributed by atoms with van der Waals surface area (Å²) in [4.78, 5) is 28.4. The van der Waals surface area contributed by atoms with E-state index in [9.17, 15) is 9.59 Å². The number of hydrogen-bond acceptors (Lipinski definition) is 5. The van der Waals surface area contributed by atoms with Gasteiger partial charge in [-0.2, -0.15) is 0 Å². The number of carbonyl (C=O) groups is 2. The monoisotopic (exact) mass is 513 g/mol. The molecule has 38 heavy (non-hydrogen) atoms. The summed E-state index contributed by atoms with van der Waals surface area (Å²) in [5.41, 5.74) is 4.08. The molecule has 1 amide bonds. The lowest BCUT2D eigenvalue weighted by Crippen LogP contribution is -2.43. The Morgan fingerprint density at radius 2 is 1.76 bits per heavy atom. The van der Waals surface area contributed by atoms with E-state index in [2.05, 4.69) is 13.0 Å². The summed E-state index contributed by atoms with van der Waals surface area (Å²) in [5.74, 6) is 0.504. The van der Waals surface area contributed by atoms with Gasteiger partial charge in [0, 0.05) is 23.5 Å². The summed E-state index contributed by atoms with van der Waals surface area (Å²) in [5, 5.41) is 5.83. The third-order valence-corrected chi connectivity index (χ3v) is 7.45. The molecular weight excluding hydrogens is 478 g/mol. The first-order valence-corrected chi connectivity index (χ1v) is 13.5. The van der Waals surface area contributed by atoms with Gasteiger partial charge in [0.25, 0.3) is 0 Å². The zero-order chi connectivity index (χ0) is 26.8. The maximum atomic E-state index is 13.7. The number of rotatable bonds is 7. The molecule has 0 N–H and O–H groups in total. The van der Waals surface area contributed by atoms with E-state index in [4.69, 9.17) is 14.3 Å². The maximum Gasteiger partial charge on any atom is 0.343 e. The summed E-state index contributed by atoms with van der Waals surface area (Å²) in [6, 6.07) is 15.9. The molecule has 4 aromatic rings. The third-order valence-electron chi connectivity index (χ3n) is 7.45. The molecule has 2 heterocycles. The highest BCUT2D eigenvalue weighted by Gasteiger charge is 2.34. The van der Waals surface area contributed by atoms with Crippen molar-refractivity contribution in [2.75, 3.05) is 11.5 Å². The van der Waals surface area contributed by atoms with Gasteiger partial charge in [0.05, 0.1) is 18.6 Å². The summed E-state index contributed by atoms with van der Waals surface area (Å²) < 4.78 is 12.5. The van der Waals surface area contributed by atoms with E-state index in [-0.39, 0.29) is 24.5 Å². The topological polar surface area (TPSA) is 77.6 Å². The molecule has 5 rings (SSSR count). The zero-order valence-electron chi connectivity index (χ0n) is 22.5. The van der Waals surface area contributed by atoms with Gasteiger partial charge in [-0.25, -0.2) is 9.48 Å². The fourth-order valence-electron chi connectivity index (χ4n) is 5.29. The Labute approximate surface area is 223 Å². The van der Waals surface area contributed by atoms with Gasteiger partial charge < -0.3 is 9.15 Å². The molecule has 2 aromatic carbocycles. The third kappa shape index (κ3) is 5.10. The number of aromatic nitrogens is 2. The molecular formula is C31H35N3O4. The van der Waals surface area contributed by atoms with Gasteiger partial charge >= 0.3 is 5.97 Å². The highest BCUT2D eigenvalue weighted by Crippen LogP contribution is 2.33. The average molecular weight is 514 g/mol. The highest BCUT2D eigenvalue weighted by molar-refractivity contribution is 6.02. The van der Waals surface area contributed by atoms with Crippen molar-refractivity contribution in [2.45, 2.75) is 59.4 Å². The van der Waals surface area contributed by atoms with E-state index < -0.39 is 5.97 Å². The van der Waals surface area contributed by atoms with Gasteiger partial charge in [-0.1, -0.05) is 25.1 Å². The van der Waals surface area contributed by atoms with Crippen LogP contribution in [0.3, 0.4) is 0 Å². The molecule has 1 aliphatic rings. The number of ether oxygens (including phenoxy) is 1. The Morgan fingerprint density at radius 1 is 1.05 bits per heavy atom. The molecule has 1 aliphatic carbocycles. The molecule has 0 atom stereocenters. The van der Waals surface area contributed by atoms with Crippen molar-refractivity contribution >= 4 is 28.7 Å². The quantitative estimate of drug-likeness (QED) is 0.248. The fourth-order valence-corrected chi connectivity index (χ4v) is 5.29. The lowest BCUT2D eigenvalue weighted by atomic mass is 9.82. The molecule has 2 aromatic heterocycles. The number of amides is 1. The molecule has 0 radical (unpaired) electrons. The Kier molecular flexibility index (Phi) is 7.36. The second-order valence-electron chi connectivity index (χ2n) is 10.5. The van der Waals surface area contributed by atoms with Crippen LogP contribution in [0.5, 0.6) is 0 Å². The number of esters is 1. The van der Waals surface area contributed by atoms with Crippen LogP contribution in [0.2, 0.25) is 0 Å². The first kappa shape index (κ1) is 25.8. The number of carbonyl (C=O) groups excluding carboxylic acids is 2. The maximum absolute atomic E-state index is 13.7. The number of furan rings is 1. The van der Waals surface area contributed by atoms with Gasteiger partial charge in [0.2, 0.25) is 5.91 Å². The van der Waals surface area contributed by atoms with Crippen LogP contribution in [0.15, 0.2) is 65.4 Å². The fraction of sp³-hybridized carbons (Fsp3) is 0.387. The number of fused-ring (bicyclic) bond motifs is 1. The van der Waals surface area contributed by atoms with E-state index in [1.165, 1.54) is 0 Å². The van der Waals surface area contributed by atoms with Crippen molar-refractivity contribution in [1.82, 2.24) is 9.78 Å². The molecule has 0 aliphatic heterocycles. The molecule has 7 heteroatoms. The summed E-state index contributed by atoms with van der Waals surface area (Å²) in [6.45, 7) is 8.18. The van der Waals surface area contributed by atoms with E-state index in [0.717, 1.165) is 53.5 Å². The van der Waals surface area contributed by atoms with Crippen molar-refractivity contribution in [3.8, 4) is 16.8 Å². The van der Waals surface area contributed by atoms with E-state index in [1.807, 2.05) is 56.3 Å². The zero-order valence-corrected chi connectivity index (χ0v) is 22.5. The van der Waals surface area contributed by atoms with Crippen molar-refractivity contribution in [3.05, 3.63) is 66.6 Å². The van der Waals surface area contributed by atoms with Gasteiger partial charge in [-0.3, -0.25) is 9.69 Å². The lowest BCUT2D eigenvalue weighted by molar-refractivity contribution is -0.124. The normalized spacial score (nSPS) is 17.6. The minimum Gasteiger partial charge on any atom is -0.464 e. The first-order chi connectivity index (χ1) is 18.4. The molecule has 0 unspecified atom stereocenters. The molecule has 1 saturated carbocycles. The summed E-state index contributed by atoms with van der Waals surface area (Å²) in [6.07, 6.45) is 7.18. The van der Waals surface area contributed by atoms with Gasteiger partial charge in [0.15, 0.2) is 5.82 Å². The van der Waals surface area contributed by atoms with Crippen LogP contribution in [0.25, 0.3) is 27.8 Å².